The third-order valence-electron chi connectivity index (χ3n) is 7.08. The summed E-state index contributed by atoms with van der Waals surface area (Å²) >= 11 is 0. The first-order valence-electron chi connectivity index (χ1n) is 12.4. The van der Waals surface area contributed by atoms with Gasteiger partial charge in [0.15, 0.2) is 0 Å². The van der Waals surface area contributed by atoms with Crippen LogP contribution in [0.3, 0.4) is 0 Å². The number of piperidine rings is 1. The minimum atomic E-state index is -1.03. The molecule has 2 aliphatic heterocycles. The molecule has 0 saturated carbocycles. The molecule has 0 radical (unpaired) electrons. The molecular weight excluding hydrogens is 454 g/mol. The Hall–Kier alpha value is -4.12. The number of nitrogens with zero attached hydrogens (tertiary/aromatic N) is 3. The summed E-state index contributed by atoms with van der Waals surface area (Å²) in [4.78, 5) is 35.8. The summed E-state index contributed by atoms with van der Waals surface area (Å²) in [6, 6.07) is 19.7. The van der Waals surface area contributed by atoms with Crippen LogP contribution < -0.4 is 20.5 Å². The Labute approximate surface area is 209 Å². The lowest BCUT2D eigenvalue weighted by atomic mass is 9.79. The van der Waals surface area contributed by atoms with E-state index in [1.165, 1.54) is 5.56 Å². The number of hydrogen-bond acceptors (Lipinski definition) is 6. The van der Waals surface area contributed by atoms with Crippen LogP contribution in [0.1, 0.15) is 42.4 Å². The van der Waals surface area contributed by atoms with Gasteiger partial charge in [-0.05, 0) is 55.4 Å². The lowest BCUT2D eigenvalue weighted by molar-refractivity contribution is -0.119. The van der Waals surface area contributed by atoms with Crippen molar-refractivity contribution in [3.8, 4) is 11.8 Å². The van der Waals surface area contributed by atoms with E-state index in [9.17, 15) is 14.9 Å². The van der Waals surface area contributed by atoms with Crippen LogP contribution in [-0.2, 0) is 11.2 Å². The summed E-state index contributed by atoms with van der Waals surface area (Å²) in [5, 5.41) is 12.5. The smallest absolute Gasteiger partial charge is 0.258 e. The largest absolute Gasteiger partial charge is 0.494 e. The van der Waals surface area contributed by atoms with Crippen LogP contribution in [0.25, 0.3) is 0 Å². The Morgan fingerprint density at radius 2 is 1.81 bits per heavy atom. The number of hydrogen-bond donors (Lipinski definition) is 2. The Morgan fingerprint density at radius 3 is 2.47 bits per heavy atom. The number of aromatic nitrogens is 2. The monoisotopic (exact) mass is 483 g/mol. The number of benzene rings is 2. The second-order valence-electron chi connectivity index (χ2n) is 9.35. The average Bonchev–Trinajstić information content (AvgIpc) is 2.89. The summed E-state index contributed by atoms with van der Waals surface area (Å²) in [5.41, 5.74) is 2.02. The van der Waals surface area contributed by atoms with Gasteiger partial charge in [0.05, 0.1) is 18.2 Å². The first-order valence-corrected chi connectivity index (χ1v) is 12.4. The first kappa shape index (κ1) is 23.6. The number of carbonyl (C=O) groups excluding carboxylic acids is 1. The molecule has 3 aromatic rings. The number of anilines is 2. The normalized spacial score (nSPS) is 19.8. The molecule has 184 valence electrons. The van der Waals surface area contributed by atoms with E-state index in [-0.39, 0.29) is 11.4 Å². The first-order chi connectivity index (χ1) is 17.6. The van der Waals surface area contributed by atoms with Crippen LogP contribution in [0.4, 0.5) is 11.8 Å². The molecular formula is C28H29N5O3. The van der Waals surface area contributed by atoms with Gasteiger partial charge in [-0.1, -0.05) is 42.5 Å². The van der Waals surface area contributed by atoms with Crippen molar-refractivity contribution in [2.24, 2.45) is 11.8 Å². The Bertz CT molecular complexity index is 1320. The number of rotatable bonds is 6. The SMILES string of the molecule is CCOc1ccc(C2c3c(nc(N4CCC(Cc5ccccc5)CC4)[nH]c3=O)NC(=O)C2C#N)cc1. The molecule has 0 spiro atoms. The Kier molecular flexibility index (Phi) is 6.72. The highest BCUT2D eigenvalue weighted by Crippen LogP contribution is 2.39. The van der Waals surface area contributed by atoms with Crippen LogP contribution >= 0.6 is 0 Å². The molecule has 8 nitrogen and oxygen atoms in total. The average molecular weight is 484 g/mol. The van der Waals surface area contributed by atoms with E-state index in [2.05, 4.69) is 50.5 Å². The molecule has 8 heteroatoms. The van der Waals surface area contributed by atoms with Crippen LogP contribution in [0.15, 0.2) is 59.4 Å². The summed E-state index contributed by atoms with van der Waals surface area (Å²) in [7, 11) is 0. The Morgan fingerprint density at radius 1 is 1.08 bits per heavy atom. The molecule has 1 saturated heterocycles. The molecule has 2 unspecified atom stereocenters. The number of aromatic amines is 1. The van der Waals surface area contributed by atoms with Crippen LogP contribution in [-0.4, -0.2) is 35.6 Å². The highest BCUT2D eigenvalue weighted by Gasteiger charge is 2.40. The third kappa shape index (κ3) is 4.69. The van der Waals surface area contributed by atoms with Gasteiger partial charge in [-0.25, -0.2) is 0 Å². The van der Waals surface area contributed by atoms with E-state index in [0.717, 1.165) is 32.4 Å². The maximum Gasteiger partial charge on any atom is 0.258 e. The number of ether oxygens (including phenoxy) is 1. The molecule has 2 N–H and O–H groups in total. The summed E-state index contributed by atoms with van der Waals surface area (Å²) in [6.07, 6.45) is 3.03. The molecule has 2 aliphatic rings. The van der Waals surface area contributed by atoms with E-state index in [1.54, 1.807) is 24.3 Å². The van der Waals surface area contributed by atoms with Crippen LogP contribution in [0, 0.1) is 23.2 Å². The van der Waals surface area contributed by atoms with Gasteiger partial charge in [0.25, 0.3) is 5.56 Å². The zero-order chi connectivity index (χ0) is 25.1. The second-order valence-corrected chi connectivity index (χ2v) is 9.35. The van der Waals surface area contributed by atoms with Gasteiger partial charge in [0.1, 0.15) is 17.5 Å². The number of nitrogens with one attached hydrogen (secondary N) is 2. The van der Waals surface area contributed by atoms with Gasteiger partial charge in [0.2, 0.25) is 11.9 Å². The number of H-pyrrole nitrogens is 1. The van der Waals surface area contributed by atoms with E-state index >= 15 is 0 Å². The molecule has 5 rings (SSSR count). The maximum atomic E-state index is 13.3. The standard InChI is InChI=1S/C28H29N5O3/c1-2-36-21-10-8-20(9-11-21)23-22(17-29)26(34)30-25-24(23)27(35)32-28(31-25)33-14-12-19(13-15-33)16-18-6-4-3-5-7-18/h3-11,19,22-23H,2,12-16H2,1H3,(H2,30,31,32,34,35). The highest BCUT2D eigenvalue weighted by atomic mass is 16.5. The fourth-order valence-electron chi connectivity index (χ4n) is 5.24. The second kappa shape index (κ2) is 10.2. The van der Waals surface area contributed by atoms with E-state index in [0.29, 0.717) is 35.3 Å². The lowest BCUT2D eigenvalue weighted by Gasteiger charge is -2.34. The molecule has 2 atom stereocenters. The van der Waals surface area contributed by atoms with Crippen molar-refractivity contribution in [1.82, 2.24) is 9.97 Å². The van der Waals surface area contributed by atoms with Crippen molar-refractivity contribution < 1.29 is 9.53 Å². The van der Waals surface area contributed by atoms with Crippen molar-refractivity contribution in [1.29, 1.82) is 5.26 Å². The summed E-state index contributed by atoms with van der Waals surface area (Å²) < 4.78 is 5.51. The van der Waals surface area contributed by atoms with Crippen molar-refractivity contribution in [3.63, 3.8) is 0 Å². The topological polar surface area (TPSA) is 111 Å². The minimum Gasteiger partial charge on any atom is -0.494 e. The van der Waals surface area contributed by atoms with Crippen LogP contribution in [0.5, 0.6) is 5.75 Å². The summed E-state index contributed by atoms with van der Waals surface area (Å²) in [6.45, 7) is 3.98. The van der Waals surface area contributed by atoms with Gasteiger partial charge in [0, 0.05) is 19.0 Å². The van der Waals surface area contributed by atoms with Gasteiger partial charge >= 0.3 is 0 Å². The molecule has 2 aromatic carbocycles. The van der Waals surface area contributed by atoms with Crippen molar-refractivity contribution >= 4 is 17.7 Å². The molecule has 0 bridgehead atoms. The van der Waals surface area contributed by atoms with E-state index in [4.69, 9.17) is 4.74 Å². The molecule has 1 fully saturated rings. The Balaban J connectivity index is 1.39. The fourth-order valence-corrected chi connectivity index (χ4v) is 5.24. The minimum absolute atomic E-state index is 0.232. The fraction of sp³-hybridized carbons (Fsp3) is 0.357. The van der Waals surface area contributed by atoms with E-state index < -0.39 is 17.7 Å². The third-order valence-corrected chi connectivity index (χ3v) is 7.08. The van der Waals surface area contributed by atoms with Crippen molar-refractivity contribution in [3.05, 3.63) is 81.6 Å². The zero-order valence-electron chi connectivity index (χ0n) is 20.2. The molecule has 1 aromatic heterocycles. The molecule has 36 heavy (non-hydrogen) atoms. The molecule has 3 heterocycles. The molecule has 1 amide bonds. The van der Waals surface area contributed by atoms with Gasteiger partial charge in [-0.3, -0.25) is 14.6 Å². The maximum absolute atomic E-state index is 13.3. The molecule has 0 aliphatic carbocycles. The highest BCUT2D eigenvalue weighted by molar-refractivity contribution is 5.98. The lowest BCUT2D eigenvalue weighted by Crippen LogP contribution is -2.41. The van der Waals surface area contributed by atoms with Gasteiger partial charge < -0.3 is 15.0 Å². The number of amides is 1. The van der Waals surface area contributed by atoms with Crippen molar-refractivity contribution in [2.75, 3.05) is 29.9 Å². The summed E-state index contributed by atoms with van der Waals surface area (Å²) in [5.74, 6) is -0.237. The quantitative estimate of drug-likeness (QED) is 0.551. The number of nitriles is 1. The van der Waals surface area contributed by atoms with E-state index in [1.807, 2.05) is 13.0 Å². The van der Waals surface area contributed by atoms with Crippen molar-refractivity contribution in [2.45, 2.75) is 32.1 Å². The van der Waals surface area contributed by atoms with Gasteiger partial charge in [-0.15, -0.1) is 0 Å². The van der Waals surface area contributed by atoms with Crippen LogP contribution in [0.2, 0.25) is 0 Å². The predicted molar refractivity (Wildman–Crippen MR) is 137 cm³/mol. The number of fused-ring (bicyclic) bond motifs is 1. The predicted octanol–water partition coefficient (Wildman–Crippen LogP) is 3.85. The van der Waals surface area contributed by atoms with Gasteiger partial charge in [-0.2, -0.15) is 10.2 Å². The number of carbonyl (C=O) groups is 1. The zero-order valence-corrected chi connectivity index (χ0v) is 20.2.